The van der Waals surface area contributed by atoms with Crippen LogP contribution in [0.5, 0.6) is 0 Å². The first-order chi connectivity index (χ1) is 11.0. The van der Waals surface area contributed by atoms with E-state index in [1.54, 1.807) is 0 Å². The van der Waals surface area contributed by atoms with E-state index in [9.17, 15) is 17.4 Å². The van der Waals surface area contributed by atoms with Crippen molar-refractivity contribution in [2.45, 2.75) is 45.2 Å². The molecule has 0 amide bonds. The lowest BCUT2D eigenvalue weighted by molar-refractivity contribution is -0.140. The lowest BCUT2D eigenvalue weighted by Gasteiger charge is -2.18. The summed E-state index contributed by atoms with van der Waals surface area (Å²) in [4.78, 5) is 7.75. The van der Waals surface area contributed by atoms with Crippen molar-refractivity contribution in [3.8, 4) is 0 Å². The number of halogens is 4. The Morgan fingerprint density at radius 1 is 1.32 bits per heavy atom. The van der Waals surface area contributed by atoms with Crippen molar-refractivity contribution in [2.75, 3.05) is 18.8 Å². The number of alkyl halides is 3. The van der Waals surface area contributed by atoms with Gasteiger partial charge in [-0.25, -0.2) is 9.98 Å². The molecule has 0 fully saturated rings. The smallest absolute Gasteiger partial charge is 0.357 e. The van der Waals surface area contributed by atoms with Gasteiger partial charge < -0.3 is 10.6 Å². The Bertz CT molecular complexity index is 585. The van der Waals surface area contributed by atoms with E-state index in [1.165, 1.54) is 0 Å². The van der Waals surface area contributed by atoms with E-state index in [0.29, 0.717) is 24.8 Å². The summed E-state index contributed by atoms with van der Waals surface area (Å²) in [5.41, 5.74) is -0.892. The molecule has 11 heteroatoms. The second-order valence-corrected chi connectivity index (χ2v) is 9.17. The molecule has 0 bridgehead atoms. The Balaban J connectivity index is 0.00000576. The van der Waals surface area contributed by atoms with Gasteiger partial charge in [-0.3, -0.25) is 4.21 Å². The van der Waals surface area contributed by atoms with Crippen LogP contribution in [0.2, 0.25) is 0 Å². The summed E-state index contributed by atoms with van der Waals surface area (Å²) in [6, 6.07) is 0. The number of thiazole rings is 1. The van der Waals surface area contributed by atoms with Gasteiger partial charge in [0.2, 0.25) is 0 Å². The molecular formula is C14H24F3IN4OS2. The minimum atomic E-state index is -4.43. The average Bonchev–Trinajstić information content (AvgIpc) is 2.92. The van der Waals surface area contributed by atoms with Crippen LogP contribution < -0.4 is 10.6 Å². The number of nitrogens with zero attached hydrogens (tertiary/aromatic N) is 2. The highest BCUT2D eigenvalue weighted by molar-refractivity contribution is 14.0. The fourth-order valence-electron chi connectivity index (χ4n) is 1.57. The Morgan fingerprint density at radius 2 is 1.96 bits per heavy atom. The van der Waals surface area contributed by atoms with E-state index in [0.717, 1.165) is 16.7 Å². The molecule has 0 aliphatic heterocycles. The second-order valence-electron chi connectivity index (χ2n) is 5.91. The number of rotatable bonds is 6. The van der Waals surface area contributed by atoms with Crippen molar-refractivity contribution in [3.63, 3.8) is 0 Å². The number of guanidine groups is 1. The minimum absolute atomic E-state index is 0. The largest absolute Gasteiger partial charge is 0.434 e. The normalized spacial score (nSPS) is 14.0. The third-order valence-corrected chi connectivity index (χ3v) is 5.60. The Hall–Kier alpha value is -0.430. The Kier molecular flexibility index (Phi) is 10.5. The number of aromatic nitrogens is 1. The van der Waals surface area contributed by atoms with Crippen LogP contribution in [-0.4, -0.2) is 38.7 Å². The molecule has 1 unspecified atom stereocenters. The number of nitrogens with one attached hydrogen (secondary N) is 2. The van der Waals surface area contributed by atoms with Crippen LogP contribution in [-0.2, 0) is 23.5 Å². The molecule has 0 aromatic carbocycles. The van der Waals surface area contributed by atoms with Gasteiger partial charge in [-0.15, -0.1) is 35.3 Å². The maximum Gasteiger partial charge on any atom is 0.434 e. The Labute approximate surface area is 169 Å². The molecule has 1 aromatic rings. The zero-order chi connectivity index (χ0) is 18.4. The van der Waals surface area contributed by atoms with Crippen molar-refractivity contribution in [3.05, 3.63) is 16.1 Å². The average molecular weight is 512 g/mol. The molecule has 1 aromatic heterocycles. The van der Waals surface area contributed by atoms with E-state index in [4.69, 9.17) is 0 Å². The van der Waals surface area contributed by atoms with Gasteiger partial charge in [-0.1, -0.05) is 0 Å². The fraction of sp³-hybridized carbons (Fsp3) is 0.714. The topological polar surface area (TPSA) is 66.4 Å². The summed E-state index contributed by atoms with van der Waals surface area (Å²) in [6.45, 7) is 8.73. The number of hydrogen-bond acceptors (Lipinski definition) is 4. The summed E-state index contributed by atoms with van der Waals surface area (Å²) in [7, 11) is -0.985. The molecule has 5 nitrogen and oxygen atoms in total. The third kappa shape index (κ3) is 9.18. The first-order valence-electron chi connectivity index (χ1n) is 7.46. The van der Waals surface area contributed by atoms with Crippen LogP contribution in [0.3, 0.4) is 0 Å². The van der Waals surface area contributed by atoms with E-state index < -0.39 is 22.7 Å². The molecule has 2 N–H and O–H groups in total. The van der Waals surface area contributed by atoms with Gasteiger partial charge in [0.15, 0.2) is 11.7 Å². The van der Waals surface area contributed by atoms with Gasteiger partial charge in [0, 0.05) is 39.8 Å². The van der Waals surface area contributed by atoms with Crippen molar-refractivity contribution >= 4 is 52.1 Å². The molecular weight excluding hydrogens is 488 g/mol. The van der Waals surface area contributed by atoms with Crippen molar-refractivity contribution < 1.29 is 17.4 Å². The summed E-state index contributed by atoms with van der Waals surface area (Å²) < 4.78 is 49.2. The van der Waals surface area contributed by atoms with E-state index in [1.807, 2.05) is 27.7 Å². The van der Waals surface area contributed by atoms with Gasteiger partial charge in [0.05, 0.1) is 6.54 Å². The first kappa shape index (κ1) is 24.6. The molecule has 0 saturated carbocycles. The molecule has 25 heavy (non-hydrogen) atoms. The second kappa shape index (κ2) is 10.7. The predicted molar refractivity (Wildman–Crippen MR) is 108 cm³/mol. The predicted octanol–water partition coefficient (Wildman–Crippen LogP) is 3.38. The SMILES string of the molecule is CCNC(=NCc1nc(C(F)(F)F)cs1)NCCS(=O)C(C)(C)C.I. The van der Waals surface area contributed by atoms with Crippen LogP contribution in [0.15, 0.2) is 10.4 Å². The van der Waals surface area contributed by atoms with Crippen LogP contribution in [0.4, 0.5) is 13.2 Å². The highest BCUT2D eigenvalue weighted by Gasteiger charge is 2.33. The van der Waals surface area contributed by atoms with Gasteiger partial charge in [0.25, 0.3) is 0 Å². The van der Waals surface area contributed by atoms with Gasteiger partial charge >= 0.3 is 6.18 Å². The van der Waals surface area contributed by atoms with Crippen molar-refractivity contribution in [1.29, 1.82) is 0 Å². The van der Waals surface area contributed by atoms with Crippen LogP contribution >= 0.6 is 35.3 Å². The molecule has 0 aliphatic carbocycles. The summed E-state index contributed by atoms with van der Waals surface area (Å²) in [5, 5.41) is 7.30. The van der Waals surface area contributed by atoms with Crippen molar-refractivity contribution in [2.24, 2.45) is 4.99 Å². The molecule has 146 valence electrons. The van der Waals surface area contributed by atoms with Gasteiger partial charge in [-0.05, 0) is 27.7 Å². The molecule has 1 atom stereocenters. The number of hydrogen-bond donors (Lipinski definition) is 2. The highest BCUT2D eigenvalue weighted by atomic mass is 127. The van der Waals surface area contributed by atoms with Crippen LogP contribution in [0, 0.1) is 0 Å². The third-order valence-electron chi connectivity index (χ3n) is 2.82. The standard InChI is InChI=1S/C14H23F3N4OS2.HI/c1-5-18-12(19-6-7-24(22)13(2,3)4)20-8-11-21-10(9-23-11)14(15,16)17;/h9H,5-8H2,1-4H3,(H2,18,19,20);1H. The highest BCUT2D eigenvalue weighted by Crippen LogP contribution is 2.30. The van der Waals surface area contributed by atoms with Gasteiger partial charge in [0.1, 0.15) is 5.01 Å². The van der Waals surface area contributed by atoms with Crippen LogP contribution in [0.25, 0.3) is 0 Å². The minimum Gasteiger partial charge on any atom is -0.357 e. The quantitative estimate of drug-likeness (QED) is 0.349. The van der Waals surface area contributed by atoms with E-state index in [-0.39, 0.29) is 40.3 Å². The number of aliphatic imine (C=N–C) groups is 1. The monoisotopic (exact) mass is 512 g/mol. The van der Waals surface area contributed by atoms with Crippen LogP contribution in [0.1, 0.15) is 38.4 Å². The van der Waals surface area contributed by atoms with Crippen molar-refractivity contribution in [1.82, 2.24) is 15.6 Å². The fourth-order valence-corrected chi connectivity index (χ4v) is 3.19. The zero-order valence-corrected chi connectivity index (χ0v) is 18.5. The summed E-state index contributed by atoms with van der Waals surface area (Å²) in [6.07, 6.45) is -4.43. The first-order valence-corrected chi connectivity index (χ1v) is 9.66. The summed E-state index contributed by atoms with van der Waals surface area (Å²) >= 11 is 0.926. The molecule has 0 saturated heterocycles. The molecule has 0 radical (unpaired) electrons. The zero-order valence-electron chi connectivity index (χ0n) is 14.6. The van der Waals surface area contributed by atoms with Gasteiger partial charge in [-0.2, -0.15) is 13.2 Å². The lowest BCUT2D eigenvalue weighted by atomic mass is 10.3. The summed E-state index contributed by atoms with van der Waals surface area (Å²) in [5.74, 6) is 0.927. The molecule has 0 spiro atoms. The van der Waals surface area contributed by atoms with E-state index in [2.05, 4.69) is 20.6 Å². The lowest BCUT2D eigenvalue weighted by Crippen LogP contribution is -2.40. The molecule has 1 heterocycles. The Morgan fingerprint density at radius 3 is 2.44 bits per heavy atom. The maximum atomic E-state index is 12.5. The molecule has 0 aliphatic rings. The van der Waals surface area contributed by atoms with E-state index >= 15 is 0 Å². The maximum absolute atomic E-state index is 12.5. The molecule has 1 rings (SSSR count).